The number of carbonyl (C=O) groups excluding carboxylic acids is 1. The molecule has 0 aliphatic carbocycles. The lowest BCUT2D eigenvalue weighted by Gasteiger charge is -2.22. The second-order valence-electron chi connectivity index (χ2n) is 6.18. The zero-order chi connectivity index (χ0) is 16.2. The van der Waals surface area contributed by atoms with Gasteiger partial charge in [0.1, 0.15) is 0 Å². The number of amides is 1. The number of fused-ring (bicyclic) bond motifs is 1. The molecule has 0 spiro atoms. The monoisotopic (exact) mass is 338 g/mol. The van der Waals surface area contributed by atoms with Crippen LogP contribution in [-0.2, 0) is 11.3 Å². The van der Waals surface area contributed by atoms with Gasteiger partial charge in [0.15, 0.2) is 11.5 Å². The molecule has 1 amide bonds. The molecule has 5 nitrogen and oxygen atoms in total. The summed E-state index contributed by atoms with van der Waals surface area (Å²) < 4.78 is 11.3. The van der Waals surface area contributed by atoms with E-state index in [0.717, 1.165) is 31.5 Å². The van der Waals surface area contributed by atoms with Crippen LogP contribution in [0.5, 0.6) is 11.5 Å². The van der Waals surface area contributed by atoms with Gasteiger partial charge in [-0.25, -0.2) is 0 Å². The number of benzene rings is 1. The van der Waals surface area contributed by atoms with Crippen molar-refractivity contribution in [3.63, 3.8) is 0 Å². The fraction of sp³-hybridized carbons (Fsp3) is 0.588. The van der Waals surface area contributed by atoms with Gasteiger partial charge in [-0.1, -0.05) is 11.6 Å². The Morgan fingerprint density at radius 1 is 1.30 bits per heavy atom. The van der Waals surface area contributed by atoms with Crippen molar-refractivity contribution in [2.45, 2.75) is 38.8 Å². The highest BCUT2D eigenvalue weighted by atomic mass is 35.5. The minimum atomic E-state index is 0.229. The third-order valence-electron chi connectivity index (χ3n) is 4.18. The maximum absolute atomic E-state index is 11.7. The van der Waals surface area contributed by atoms with Gasteiger partial charge < -0.3 is 19.7 Å². The number of carbonyl (C=O) groups is 1. The number of ether oxygens (including phenoxy) is 2. The fourth-order valence-corrected chi connectivity index (χ4v) is 3.26. The molecule has 2 aliphatic heterocycles. The first kappa shape index (κ1) is 16.4. The molecular weight excluding hydrogens is 316 g/mol. The van der Waals surface area contributed by atoms with Gasteiger partial charge in [-0.15, -0.1) is 0 Å². The summed E-state index contributed by atoms with van der Waals surface area (Å²) in [5.41, 5.74) is 1.05. The molecule has 0 saturated carbocycles. The van der Waals surface area contributed by atoms with Crippen LogP contribution >= 0.6 is 11.6 Å². The van der Waals surface area contributed by atoms with E-state index < -0.39 is 0 Å². The summed E-state index contributed by atoms with van der Waals surface area (Å²) in [7, 11) is 0. The Kier molecular flexibility index (Phi) is 5.28. The van der Waals surface area contributed by atoms with Crippen LogP contribution in [0.15, 0.2) is 12.1 Å². The molecule has 1 saturated heterocycles. The normalized spacial score (nSPS) is 18.9. The van der Waals surface area contributed by atoms with Crippen molar-refractivity contribution in [1.29, 1.82) is 0 Å². The number of hydrogen-bond acceptors (Lipinski definition) is 4. The van der Waals surface area contributed by atoms with E-state index in [1.165, 1.54) is 0 Å². The van der Waals surface area contributed by atoms with Gasteiger partial charge in [0, 0.05) is 38.5 Å². The van der Waals surface area contributed by atoms with Crippen molar-refractivity contribution in [2.24, 2.45) is 0 Å². The predicted molar refractivity (Wildman–Crippen MR) is 89.2 cm³/mol. The van der Waals surface area contributed by atoms with Gasteiger partial charge in [-0.2, -0.15) is 0 Å². The van der Waals surface area contributed by atoms with Crippen LogP contribution < -0.4 is 14.8 Å². The van der Waals surface area contributed by atoms with Gasteiger partial charge in [-0.05, 0) is 31.0 Å². The summed E-state index contributed by atoms with van der Waals surface area (Å²) in [6, 6.07) is 4.12. The molecule has 1 aromatic carbocycles. The third-order valence-corrected chi connectivity index (χ3v) is 4.46. The van der Waals surface area contributed by atoms with Crippen molar-refractivity contribution >= 4 is 17.5 Å². The SMILES string of the molecule is C[C@@H](CN1CCCC1=O)NCc1cc(Cl)c2c(c1)OCCCO2. The first-order valence-corrected chi connectivity index (χ1v) is 8.60. The molecule has 23 heavy (non-hydrogen) atoms. The largest absolute Gasteiger partial charge is 0.489 e. The first-order chi connectivity index (χ1) is 11.1. The highest BCUT2D eigenvalue weighted by molar-refractivity contribution is 6.32. The summed E-state index contributed by atoms with van der Waals surface area (Å²) in [5, 5.41) is 4.03. The Balaban J connectivity index is 1.58. The molecule has 1 fully saturated rings. The van der Waals surface area contributed by atoms with Crippen LogP contribution in [0.25, 0.3) is 0 Å². The molecule has 1 N–H and O–H groups in total. The maximum atomic E-state index is 11.7. The molecule has 2 aliphatic rings. The standard InChI is InChI=1S/C17H23ClN2O3/c1-12(11-20-5-2-4-16(20)21)19-10-13-8-14(18)17-15(9-13)22-6-3-7-23-17/h8-9,12,19H,2-7,10-11H2,1H3/t12-/m0/s1. The molecule has 3 rings (SSSR count). The number of likely N-dealkylation sites (tertiary alicyclic amines) is 1. The Labute approximate surface area is 141 Å². The minimum Gasteiger partial charge on any atom is -0.489 e. The van der Waals surface area contributed by atoms with Crippen LogP contribution in [0.1, 0.15) is 31.7 Å². The molecule has 6 heteroatoms. The van der Waals surface area contributed by atoms with Gasteiger partial charge in [0.25, 0.3) is 0 Å². The van der Waals surface area contributed by atoms with Crippen LogP contribution in [0, 0.1) is 0 Å². The Bertz CT molecular complexity index is 579. The first-order valence-electron chi connectivity index (χ1n) is 8.22. The Morgan fingerprint density at radius 2 is 2.13 bits per heavy atom. The Hall–Kier alpha value is -1.46. The lowest BCUT2D eigenvalue weighted by molar-refractivity contribution is -0.127. The van der Waals surface area contributed by atoms with Crippen LogP contribution in [-0.4, -0.2) is 43.2 Å². The summed E-state index contributed by atoms with van der Waals surface area (Å²) in [6.45, 7) is 5.67. The van der Waals surface area contributed by atoms with Gasteiger partial charge in [0.2, 0.25) is 5.91 Å². The lowest BCUT2D eigenvalue weighted by Crippen LogP contribution is -2.39. The zero-order valence-electron chi connectivity index (χ0n) is 13.4. The molecule has 1 aromatic rings. The highest BCUT2D eigenvalue weighted by Gasteiger charge is 2.21. The number of rotatable bonds is 5. The molecular formula is C17H23ClN2O3. The van der Waals surface area contributed by atoms with E-state index >= 15 is 0 Å². The number of hydrogen-bond donors (Lipinski definition) is 1. The second-order valence-corrected chi connectivity index (χ2v) is 6.59. The lowest BCUT2D eigenvalue weighted by atomic mass is 10.2. The third kappa shape index (κ3) is 4.09. The van der Waals surface area contributed by atoms with E-state index in [0.29, 0.717) is 42.7 Å². The average molecular weight is 339 g/mol. The topological polar surface area (TPSA) is 50.8 Å². The van der Waals surface area contributed by atoms with Gasteiger partial charge in [0.05, 0.1) is 18.2 Å². The van der Waals surface area contributed by atoms with Crippen molar-refractivity contribution in [1.82, 2.24) is 10.2 Å². The summed E-state index contributed by atoms with van der Waals surface area (Å²) in [5.74, 6) is 1.62. The second kappa shape index (κ2) is 7.41. The van der Waals surface area contributed by atoms with E-state index in [-0.39, 0.29) is 11.9 Å². The van der Waals surface area contributed by atoms with Crippen molar-refractivity contribution < 1.29 is 14.3 Å². The van der Waals surface area contributed by atoms with Crippen LogP contribution in [0.3, 0.4) is 0 Å². The number of nitrogens with one attached hydrogen (secondary N) is 1. The predicted octanol–water partition coefficient (Wildman–Crippen LogP) is 2.60. The van der Waals surface area contributed by atoms with Gasteiger partial charge in [-0.3, -0.25) is 4.79 Å². The van der Waals surface area contributed by atoms with Crippen molar-refractivity contribution in [2.75, 3.05) is 26.3 Å². The zero-order valence-corrected chi connectivity index (χ0v) is 14.2. The Morgan fingerprint density at radius 3 is 2.91 bits per heavy atom. The van der Waals surface area contributed by atoms with Crippen LogP contribution in [0.4, 0.5) is 0 Å². The average Bonchev–Trinajstić information content (AvgIpc) is 2.78. The quantitative estimate of drug-likeness (QED) is 0.896. The molecule has 1 atom stereocenters. The van der Waals surface area contributed by atoms with E-state index in [1.54, 1.807) is 0 Å². The van der Waals surface area contributed by atoms with Crippen molar-refractivity contribution in [3.8, 4) is 11.5 Å². The molecule has 2 heterocycles. The molecule has 0 unspecified atom stereocenters. The highest BCUT2D eigenvalue weighted by Crippen LogP contribution is 2.37. The molecule has 0 aromatic heterocycles. The fourth-order valence-electron chi connectivity index (χ4n) is 2.97. The van der Waals surface area contributed by atoms with Crippen molar-refractivity contribution in [3.05, 3.63) is 22.7 Å². The molecule has 0 bridgehead atoms. The number of nitrogens with zero attached hydrogens (tertiary/aromatic N) is 1. The van der Waals surface area contributed by atoms with E-state index in [2.05, 4.69) is 12.2 Å². The summed E-state index contributed by atoms with van der Waals surface area (Å²) in [6.07, 6.45) is 2.52. The molecule has 0 radical (unpaired) electrons. The minimum absolute atomic E-state index is 0.229. The van der Waals surface area contributed by atoms with E-state index in [4.69, 9.17) is 21.1 Å². The summed E-state index contributed by atoms with van der Waals surface area (Å²) in [4.78, 5) is 13.6. The van der Waals surface area contributed by atoms with E-state index in [1.807, 2.05) is 17.0 Å². The molecule has 126 valence electrons. The smallest absolute Gasteiger partial charge is 0.222 e. The van der Waals surface area contributed by atoms with E-state index in [9.17, 15) is 4.79 Å². The van der Waals surface area contributed by atoms with Gasteiger partial charge >= 0.3 is 0 Å². The maximum Gasteiger partial charge on any atom is 0.222 e. The van der Waals surface area contributed by atoms with Crippen LogP contribution in [0.2, 0.25) is 5.02 Å². The summed E-state index contributed by atoms with van der Waals surface area (Å²) >= 11 is 6.31. The number of halogens is 1.